The van der Waals surface area contributed by atoms with Crippen molar-refractivity contribution in [3.05, 3.63) is 35.4 Å². The molecule has 2 unspecified atom stereocenters. The molecule has 0 aromatic heterocycles. The van der Waals surface area contributed by atoms with Crippen molar-refractivity contribution >= 4 is 5.91 Å². The van der Waals surface area contributed by atoms with Crippen LogP contribution in [0.4, 0.5) is 0 Å². The topological polar surface area (TPSA) is 41.6 Å². The number of nitrogens with zero attached hydrogens (tertiary/aromatic N) is 1. The fourth-order valence-electron chi connectivity index (χ4n) is 3.91. The molecular formula is C20H30N2O2. The number of nitrogens with one attached hydrogen (secondary N) is 1. The van der Waals surface area contributed by atoms with E-state index in [1.807, 2.05) is 0 Å². The number of carbonyl (C=O) groups is 1. The summed E-state index contributed by atoms with van der Waals surface area (Å²) in [5, 5.41) is 3.11. The van der Waals surface area contributed by atoms with E-state index in [-0.39, 0.29) is 17.9 Å². The standard InChI is InChI=1S/C20H30N2O2/c1-15(2)19-18(8-11-24-19)20(23)21-13-16-6-5-7-17(12-16)14-22-9-3-4-10-22/h5-7,12,15,18-19H,3-4,8-11,13-14H2,1-2H3,(H,21,23). The van der Waals surface area contributed by atoms with Crippen molar-refractivity contribution in [1.82, 2.24) is 10.2 Å². The van der Waals surface area contributed by atoms with Gasteiger partial charge in [0.25, 0.3) is 0 Å². The summed E-state index contributed by atoms with van der Waals surface area (Å²) < 4.78 is 5.73. The Morgan fingerprint density at radius 3 is 2.79 bits per heavy atom. The fourth-order valence-corrected chi connectivity index (χ4v) is 3.91. The molecule has 0 bridgehead atoms. The molecule has 1 amide bonds. The van der Waals surface area contributed by atoms with Gasteiger partial charge >= 0.3 is 0 Å². The van der Waals surface area contributed by atoms with Crippen LogP contribution in [0.1, 0.15) is 44.2 Å². The zero-order chi connectivity index (χ0) is 16.9. The van der Waals surface area contributed by atoms with E-state index in [1.165, 1.54) is 37.1 Å². The molecule has 2 heterocycles. The Labute approximate surface area is 145 Å². The summed E-state index contributed by atoms with van der Waals surface area (Å²) in [4.78, 5) is 15.0. The highest BCUT2D eigenvalue weighted by Crippen LogP contribution is 2.27. The summed E-state index contributed by atoms with van der Waals surface area (Å²) in [5.41, 5.74) is 2.52. The minimum atomic E-state index is -0.00205. The molecule has 1 N–H and O–H groups in total. The van der Waals surface area contributed by atoms with Crippen LogP contribution in [0.25, 0.3) is 0 Å². The van der Waals surface area contributed by atoms with Gasteiger partial charge in [-0.3, -0.25) is 9.69 Å². The SMILES string of the molecule is CC(C)C1OCCC1C(=O)NCc1cccc(CN2CCCC2)c1. The van der Waals surface area contributed by atoms with Crippen molar-refractivity contribution in [2.75, 3.05) is 19.7 Å². The number of amides is 1. The van der Waals surface area contributed by atoms with Crippen molar-refractivity contribution < 1.29 is 9.53 Å². The maximum Gasteiger partial charge on any atom is 0.226 e. The Bertz CT molecular complexity index is 552. The van der Waals surface area contributed by atoms with Gasteiger partial charge in [-0.15, -0.1) is 0 Å². The number of ether oxygens (including phenoxy) is 1. The summed E-state index contributed by atoms with van der Waals surface area (Å²) in [6, 6.07) is 8.61. The van der Waals surface area contributed by atoms with E-state index in [4.69, 9.17) is 4.74 Å². The van der Waals surface area contributed by atoms with Crippen LogP contribution in [0.2, 0.25) is 0 Å². The second-order valence-corrected chi connectivity index (χ2v) is 7.50. The molecule has 2 fully saturated rings. The normalized spacial score (nSPS) is 24.6. The first-order valence-electron chi connectivity index (χ1n) is 9.33. The van der Waals surface area contributed by atoms with Gasteiger partial charge in [-0.2, -0.15) is 0 Å². The van der Waals surface area contributed by atoms with Gasteiger partial charge in [-0.25, -0.2) is 0 Å². The van der Waals surface area contributed by atoms with E-state index in [0.29, 0.717) is 19.1 Å². The fraction of sp³-hybridized carbons (Fsp3) is 0.650. The average Bonchev–Trinajstić information content (AvgIpc) is 3.24. The Hall–Kier alpha value is -1.39. The van der Waals surface area contributed by atoms with Gasteiger partial charge in [0.1, 0.15) is 0 Å². The Balaban J connectivity index is 1.53. The first-order valence-corrected chi connectivity index (χ1v) is 9.33. The lowest BCUT2D eigenvalue weighted by atomic mass is 9.92. The van der Waals surface area contributed by atoms with Gasteiger partial charge in [-0.1, -0.05) is 38.1 Å². The van der Waals surface area contributed by atoms with Gasteiger partial charge in [0.2, 0.25) is 5.91 Å². The molecule has 24 heavy (non-hydrogen) atoms. The predicted octanol–water partition coefficient (Wildman–Crippen LogP) is 2.96. The molecule has 2 atom stereocenters. The van der Waals surface area contributed by atoms with E-state index in [2.05, 4.69) is 48.3 Å². The molecule has 0 radical (unpaired) electrons. The van der Waals surface area contributed by atoms with Gasteiger partial charge < -0.3 is 10.1 Å². The van der Waals surface area contributed by atoms with Crippen molar-refractivity contribution in [1.29, 1.82) is 0 Å². The largest absolute Gasteiger partial charge is 0.377 e. The molecule has 0 saturated carbocycles. The van der Waals surface area contributed by atoms with Crippen LogP contribution in [0.3, 0.4) is 0 Å². The number of benzene rings is 1. The predicted molar refractivity (Wildman–Crippen MR) is 95.5 cm³/mol. The van der Waals surface area contributed by atoms with Crippen LogP contribution in [0, 0.1) is 11.8 Å². The van der Waals surface area contributed by atoms with E-state index in [1.54, 1.807) is 0 Å². The molecule has 1 aromatic carbocycles. The average molecular weight is 330 g/mol. The van der Waals surface area contributed by atoms with Crippen LogP contribution in [0.5, 0.6) is 0 Å². The molecule has 2 saturated heterocycles. The summed E-state index contributed by atoms with van der Waals surface area (Å²) in [6.45, 7) is 8.99. The summed E-state index contributed by atoms with van der Waals surface area (Å²) >= 11 is 0. The zero-order valence-corrected chi connectivity index (χ0v) is 15.0. The Morgan fingerprint density at radius 2 is 2.04 bits per heavy atom. The highest BCUT2D eigenvalue weighted by molar-refractivity contribution is 5.79. The van der Waals surface area contributed by atoms with Crippen molar-refractivity contribution in [3.8, 4) is 0 Å². The molecule has 0 spiro atoms. The van der Waals surface area contributed by atoms with Crippen molar-refractivity contribution in [2.45, 2.75) is 52.3 Å². The van der Waals surface area contributed by atoms with Crippen LogP contribution < -0.4 is 5.32 Å². The summed E-state index contributed by atoms with van der Waals surface area (Å²) in [6.07, 6.45) is 3.53. The zero-order valence-electron chi connectivity index (χ0n) is 15.0. The van der Waals surface area contributed by atoms with Crippen LogP contribution >= 0.6 is 0 Å². The quantitative estimate of drug-likeness (QED) is 0.872. The number of hydrogen-bond acceptors (Lipinski definition) is 3. The van der Waals surface area contributed by atoms with Gasteiger partial charge in [-0.05, 0) is 49.4 Å². The van der Waals surface area contributed by atoms with Crippen molar-refractivity contribution in [3.63, 3.8) is 0 Å². The lowest BCUT2D eigenvalue weighted by Gasteiger charge is -2.21. The minimum Gasteiger partial charge on any atom is -0.377 e. The van der Waals surface area contributed by atoms with E-state index < -0.39 is 0 Å². The maximum absolute atomic E-state index is 12.5. The lowest BCUT2D eigenvalue weighted by molar-refractivity contribution is -0.127. The second kappa shape index (κ2) is 8.13. The Kier molecular flexibility index (Phi) is 5.90. The van der Waals surface area contributed by atoms with Gasteiger partial charge in [0.15, 0.2) is 0 Å². The third kappa shape index (κ3) is 4.37. The van der Waals surface area contributed by atoms with E-state index in [9.17, 15) is 4.79 Å². The first-order chi connectivity index (χ1) is 11.6. The summed E-state index contributed by atoms with van der Waals surface area (Å²) in [7, 11) is 0. The summed E-state index contributed by atoms with van der Waals surface area (Å²) in [5.74, 6) is 0.515. The van der Waals surface area contributed by atoms with E-state index >= 15 is 0 Å². The monoisotopic (exact) mass is 330 g/mol. The Morgan fingerprint density at radius 1 is 1.29 bits per heavy atom. The maximum atomic E-state index is 12.5. The molecule has 132 valence electrons. The molecule has 4 nitrogen and oxygen atoms in total. The number of likely N-dealkylation sites (tertiary alicyclic amines) is 1. The molecule has 1 aromatic rings. The smallest absolute Gasteiger partial charge is 0.226 e. The lowest BCUT2D eigenvalue weighted by Crippen LogP contribution is -2.37. The highest BCUT2D eigenvalue weighted by atomic mass is 16.5. The van der Waals surface area contributed by atoms with Gasteiger partial charge in [0, 0.05) is 19.7 Å². The number of hydrogen-bond donors (Lipinski definition) is 1. The van der Waals surface area contributed by atoms with Gasteiger partial charge in [0.05, 0.1) is 12.0 Å². The number of carbonyl (C=O) groups excluding carboxylic acids is 1. The third-order valence-electron chi connectivity index (χ3n) is 5.19. The van der Waals surface area contributed by atoms with Crippen LogP contribution in [0.15, 0.2) is 24.3 Å². The highest BCUT2D eigenvalue weighted by Gasteiger charge is 2.35. The molecule has 4 heteroatoms. The molecule has 2 aliphatic heterocycles. The minimum absolute atomic E-state index is 0.00205. The number of rotatable bonds is 6. The van der Waals surface area contributed by atoms with E-state index in [0.717, 1.165) is 13.0 Å². The molecule has 3 rings (SSSR count). The second-order valence-electron chi connectivity index (χ2n) is 7.50. The van der Waals surface area contributed by atoms with Crippen LogP contribution in [-0.2, 0) is 22.6 Å². The third-order valence-corrected chi connectivity index (χ3v) is 5.19. The van der Waals surface area contributed by atoms with Crippen LogP contribution in [-0.4, -0.2) is 36.6 Å². The first kappa shape index (κ1) is 17.4. The molecule has 2 aliphatic rings. The van der Waals surface area contributed by atoms with Crippen molar-refractivity contribution in [2.24, 2.45) is 11.8 Å². The molecule has 0 aliphatic carbocycles. The molecular weight excluding hydrogens is 300 g/mol.